The third-order valence-corrected chi connectivity index (χ3v) is 4.65. The summed E-state index contributed by atoms with van der Waals surface area (Å²) in [6.07, 6.45) is 1.51. The summed E-state index contributed by atoms with van der Waals surface area (Å²) in [5.41, 5.74) is 2.39. The number of carbonyl (C=O) groups is 1. The van der Waals surface area contributed by atoms with Crippen LogP contribution in [-0.4, -0.2) is 52.9 Å². The van der Waals surface area contributed by atoms with E-state index in [1.807, 2.05) is 14.1 Å². The minimum Gasteiger partial charge on any atom is -0.459 e. The minimum absolute atomic E-state index is 0.174. The van der Waals surface area contributed by atoms with E-state index in [2.05, 4.69) is 34.5 Å². The third kappa shape index (κ3) is 4.41. The first-order chi connectivity index (χ1) is 12.1. The predicted octanol–water partition coefficient (Wildman–Crippen LogP) is 0.732. The molecule has 0 aliphatic carbocycles. The van der Waals surface area contributed by atoms with Crippen LogP contribution in [0.25, 0.3) is 0 Å². The standard InChI is InChI=1S/C19H25N3O3/c1-21(2)16-7-5-15(6-8-16)17(22-9-12-24-13-10-22)14-20-19(23)18-4-3-11-25-18/h3-8,11,17H,9-10,12-14H2,1-2H3,(H,20,23)/p+1/t17-/m0/s1. The molecule has 3 rings (SSSR count). The van der Waals surface area contributed by atoms with Gasteiger partial charge in [0.1, 0.15) is 19.1 Å². The van der Waals surface area contributed by atoms with Gasteiger partial charge in [-0.1, -0.05) is 12.1 Å². The summed E-state index contributed by atoms with van der Waals surface area (Å²) in [5, 5.41) is 3.01. The molecule has 2 heterocycles. The molecule has 1 aliphatic rings. The van der Waals surface area contributed by atoms with Crippen molar-refractivity contribution in [3.63, 3.8) is 0 Å². The van der Waals surface area contributed by atoms with Crippen LogP contribution >= 0.6 is 0 Å². The van der Waals surface area contributed by atoms with Crippen molar-refractivity contribution in [2.45, 2.75) is 6.04 Å². The van der Waals surface area contributed by atoms with Gasteiger partial charge in [-0.3, -0.25) is 4.79 Å². The van der Waals surface area contributed by atoms with E-state index in [4.69, 9.17) is 9.15 Å². The molecule has 0 bridgehead atoms. The lowest BCUT2D eigenvalue weighted by atomic mass is 10.0. The Morgan fingerprint density at radius 1 is 1.20 bits per heavy atom. The first-order valence-corrected chi connectivity index (χ1v) is 8.66. The van der Waals surface area contributed by atoms with E-state index < -0.39 is 0 Å². The highest BCUT2D eigenvalue weighted by atomic mass is 16.5. The Kier molecular flexibility index (Phi) is 5.73. The molecule has 0 saturated carbocycles. The zero-order chi connectivity index (χ0) is 17.6. The third-order valence-electron chi connectivity index (χ3n) is 4.65. The zero-order valence-corrected chi connectivity index (χ0v) is 14.8. The number of quaternary nitrogens is 1. The first-order valence-electron chi connectivity index (χ1n) is 8.66. The maximum absolute atomic E-state index is 12.2. The fourth-order valence-corrected chi connectivity index (χ4v) is 3.17. The highest BCUT2D eigenvalue weighted by Gasteiger charge is 2.27. The lowest BCUT2D eigenvalue weighted by Crippen LogP contribution is -3.15. The minimum atomic E-state index is -0.174. The Morgan fingerprint density at radius 2 is 1.92 bits per heavy atom. The van der Waals surface area contributed by atoms with Crippen molar-refractivity contribution in [2.75, 3.05) is 51.8 Å². The van der Waals surface area contributed by atoms with Gasteiger partial charge in [-0.15, -0.1) is 0 Å². The molecule has 1 aliphatic heterocycles. The maximum atomic E-state index is 12.2. The fraction of sp³-hybridized carbons (Fsp3) is 0.421. The second kappa shape index (κ2) is 8.18. The van der Waals surface area contributed by atoms with Gasteiger partial charge in [0.05, 0.1) is 26.0 Å². The molecule has 6 heteroatoms. The van der Waals surface area contributed by atoms with Gasteiger partial charge in [0.15, 0.2) is 5.76 Å². The quantitative estimate of drug-likeness (QED) is 0.811. The Morgan fingerprint density at radius 3 is 2.52 bits per heavy atom. The molecule has 134 valence electrons. The highest BCUT2D eigenvalue weighted by Crippen LogP contribution is 2.16. The van der Waals surface area contributed by atoms with Crippen LogP contribution in [0.2, 0.25) is 0 Å². The van der Waals surface area contributed by atoms with Crippen molar-refractivity contribution in [3.05, 3.63) is 54.0 Å². The first kappa shape index (κ1) is 17.5. The Bertz CT molecular complexity index is 662. The smallest absolute Gasteiger partial charge is 0.287 e. The fourth-order valence-electron chi connectivity index (χ4n) is 3.17. The molecular weight excluding hydrogens is 318 g/mol. The van der Waals surface area contributed by atoms with Crippen molar-refractivity contribution in [1.82, 2.24) is 5.32 Å². The van der Waals surface area contributed by atoms with E-state index in [-0.39, 0.29) is 11.9 Å². The van der Waals surface area contributed by atoms with Crippen LogP contribution in [0.4, 0.5) is 5.69 Å². The molecule has 1 saturated heterocycles. The van der Waals surface area contributed by atoms with Crippen LogP contribution in [0.15, 0.2) is 47.1 Å². The maximum Gasteiger partial charge on any atom is 0.287 e. The number of hydrogen-bond donors (Lipinski definition) is 2. The number of furan rings is 1. The Hall–Kier alpha value is -2.31. The van der Waals surface area contributed by atoms with Crippen LogP contribution in [0.3, 0.4) is 0 Å². The van der Waals surface area contributed by atoms with E-state index in [0.717, 1.165) is 26.3 Å². The number of anilines is 1. The van der Waals surface area contributed by atoms with Gasteiger partial charge in [0.2, 0.25) is 0 Å². The van der Waals surface area contributed by atoms with Crippen molar-refractivity contribution < 1.29 is 18.8 Å². The highest BCUT2D eigenvalue weighted by molar-refractivity contribution is 5.91. The van der Waals surface area contributed by atoms with Crippen LogP contribution < -0.4 is 15.1 Å². The summed E-state index contributed by atoms with van der Waals surface area (Å²) in [6, 6.07) is 12.1. The molecule has 1 aromatic heterocycles. The van der Waals surface area contributed by atoms with Gasteiger partial charge < -0.3 is 24.3 Å². The van der Waals surface area contributed by atoms with Crippen LogP contribution in [-0.2, 0) is 4.74 Å². The summed E-state index contributed by atoms with van der Waals surface area (Å²) in [7, 11) is 4.06. The number of morpholine rings is 1. The average Bonchev–Trinajstić information content (AvgIpc) is 3.18. The van der Waals surface area contributed by atoms with Gasteiger partial charge in [-0.05, 0) is 24.3 Å². The molecule has 2 N–H and O–H groups in total. The van der Waals surface area contributed by atoms with Gasteiger partial charge >= 0.3 is 0 Å². The number of amides is 1. The van der Waals surface area contributed by atoms with E-state index in [1.54, 1.807) is 12.1 Å². The molecule has 0 unspecified atom stereocenters. The molecule has 1 atom stereocenters. The van der Waals surface area contributed by atoms with Gasteiger partial charge in [-0.2, -0.15) is 0 Å². The molecule has 0 spiro atoms. The van der Waals surface area contributed by atoms with E-state index >= 15 is 0 Å². The van der Waals surface area contributed by atoms with Crippen molar-refractivity contribution in [3.8, 4) is 0 Å². The summed E-state index contributed by atoms with van der Waals surface area (Å²) in [4.78, 5) is 15.7. The van der Waals surface area contributed by atoms with Crippen molar-refractivity contribution >= 4 is 11.6 Å². The summed E-state index contributed by atoms with van der Waals surface area (Å²) in [5.74, 6) is 0.172. The number of nitrogens with zero attached hydrogens (tertiary/aromatic N) is 1. The number of rotatable bonds is 6. The SMILES string of the molecule is CN(C)c1ccc([C@H](CNC(=O)c2ccco2)[NH+]2CCOCC2)cc1. The molecule has 6 nitrogen and oxygen atoms in total. The Balaban J connectivity index is 1.73. The van der Waals surface area contributed by atoms with Crippen LogP contribution in [0.5, 0.6) is 0 Å². The number of carbonyl (C=O) groups excluding carboxylic acids is 1. The number of ether oxygens (including phenoxy) is 1. The summed E-state index contributed by atoms with van der Waals surface area (Å²) < 4.78 is 10.7. The number of nitrogens with one attached hydrogen (secondary N) is 2. The zero-order valence-electron chi connectivity index (χ0n) is 14.8. The van der Waals surface area contributed by atoms with E-state index in [9.17, 15) is 4.79 Å². The molecule has 0 radical (unpaired) electrons. The summed E-state index contributed by atoms with van der Waals surface area (Å²) in [6.45, 7) is 3.96. The molecule has 1 aromatic carbocycles. The molecule has 1 amide bonds. The van der Waals surface area contributed by atoms with Crippen LogP contribution in [0.1, 0.15) is 22.2 Å². The van der Waals surface area contributed by atoms with Gasteiger partial charge in [0.25, 0.3) is 5.91 Å². The second-order valence-electron chi connectivity index (χ2n) is 6.50. The normalized spacial score (nSPS) is 16.4. The van der Waals surface area contributed by atoms with Gasteiger partial charge in [0, 0.05) is 25.3 Å². The largest absolute Gasteiger partial charge is 0.459 e. The van der Waals surface area contributed by atoms with E-state index in [0.29, 0.717) is 12.3 Å². The lowest BCUT2D eigenvalue weighted by Gasteiger charge is -2.32. The van der Waals surface area contributed by atoms with E-state index in [1.165, 1.54) is 22.4 Å². The monoisotopic (exact) mass is 344 g/mol. The Labute approximate surface area is 148 Å². The molecular formula is C19H26N3O3+. The predicted molar refractivity (Wildman–Crippen MR) is 96.1 cm³/mol. The topological polar surface area (TPSA) is 59.2 Å². The van der Waals surface area contributed by atoms with Crippen molar-refractivity contribution in [2.24, 2.45) is 0 Å². The van der Waals surface area contributed by atoms with Crippen LogP contribution in [0, 0.1) is 0 Å². The summed E-state index contributed by atoms with van der Waals surface area (Å²) >= 11 is 0. The number of benzene rings is 1. The van der Waals surface area contributed by atoms with Crippen molar-refractivity contribution in [1.29, 1.82) is 0 Å². The second-order valence-corrected chi connectivity index (χ2v) is 6.50. The number of hydrogen-bond acceptors (Lipinski definition) is 4. The molecule has 25 heavy (non-hydrogen) atoms. The average molecular weight is 344 g/mol. The van der Waals surface area contributed by atoms with Gasteiger partial charge in [-0.25, -0.2) is 0 Å². The lowest BCUT2D eigenvalue weighted by molar-refractivity contribution is -0.937. The molecule has 1 fully saturated rings. The molecule has 2 aromatic rings.